The SMILES string of the molecule is Oc1c(N=Nc2c3ccccc3nc3ccccc23)c2ccccc2n1Cc1ccccc1F. The zero-order valence-corrected chi connectivity index (χ0v) is 18.1. The van der Waals surface area contributed by atoms with Gasteiger partial charge in [-0.25, -0.2) is 9.37 Å². The summed E-state index contributed by atoms with van der Waals surface area (Å²) < 4.78 is 16.0. The lowest BCUT2D eigenvalue weighted by molar-refractivity contribution is 0.428. The number of pyridine rings is 1. The lowest BCUT2D eigenvalue weighted by atomic mass is 10.1. The van der Waals surface area contributed by atoms with Crippen LogP contribution in [0, 0.1) is 5.82 Å². The summed E-state index contributed by atoms with van der Waals surface area (Å²) in [6.07, 6.45) is 0. The van der Waals surface area contributed by atoms with Crippen molar-refractivity contribution in [2.45, 2.75) is 6.54 Å². The number of aromatic hydroxyl groups is 1. The van der Waals surface area contributed by atoms with Crippen LogP contribution in [-0.4, -0.2) is 14.7 Å². The Bertz CT molecular complexity index is 1670. The van der Waals surface area contributed by atoms with Gasteiger partial charge in [-0.3, -0.25) is 0 Å². The molecule has 5 nitrogen and oxygen atoms in total. The molecule has 2 heterocycles. The molecule has 0 aliphatic rings. The van der Waals surface area contributed by atoms with E-state index in [2.05, 4.69) is 10.2 Å². The summed E-state index contributed by atoms with van der Waals surface area (Å²) >= 11 is 0. The van der Waals surface area contributed by atoms with Crippen LogP contribution in [0.2, 0.25) is 0 Å². The number of benzene rings is 4. The maximum absolute atomic E-state index is 14.3. The molecule has 6 heteroatoms. The van der Waals surface area contributed by atoms with Crippen LogP contribution in [0.15, 0.2) is 107 Å². The van der Waals surface area contributed by atoms with Crippen LogP contribution < -0.4 is 0 Å². The second kappa shape index (κ2) is 8.08. The lowest BCUT2D eigenvalue weighted by Gasteiger charge is -2.08. The van der Waals surface area contributed by atoms with Gasteiger partial charge in [-0.2, -0.15) is 0 Å². The number of aromatic nitrogens is 2. The van der Waals surface area contributed by atoms with E-state index < -0.39 is 0 Å². The Balaban J connectivity index is 1.54. The van der Waals surface area contributed by atoms with Crippen molar-refractivity contribution in [2.24, 2.45) is 10.2 Å². The summed E-state index contributed by atoms with van der Waals surface area (Å²) in [6, 6.07) is 29.6. The highest BCUT2D eigenvalue weighted by molar-refractivity contribution is 6.06. The molecule has 0 aliphatic heterocycles. The zero-order valence-electron chi connectivity index (χ0n) is 18.1. The molecule has 0 amide bonds. The summed E-state index contributed by atoms with van der Waals surface area (Å²) in [5.41, 5.74) is 3.90. The number of hydrogen-bond donors (Lipinski definition) is 1. The number of rotatable bonds is 4. The van der Waals surface area contributed by atoms with Gasteiger partial charge in [-0.1, -0.05) is 72.8 Å². The van der Waals surface area contributed by atoms with E-state index in [1.54, 1.807) is 22.8 Å². The Morgan fingerprint density at radius 2 is 1.24 bits per heavy atom. The molecule has 0 aliphatic carbocycles. The summed E-state index contributed by atoms with van der Waals surface area (Å²) in [6.45, 7) is 0.176. The van der Waals surface area contributed by atoms with E-state index in [9.17, 15) is 9.50 Å². The topological polar surface area (TPSA) is 62.8 Å². The number of halogens is 1. The molecule has 0 saturated heterocycles. The quantitative estimate of drug-likeness (QED) is 0.223. The summed E-state index contributed by atoms with van der Waals surface area (Å²) in [5.74, 6) is -0.381. The monoisotopic (exact) mass is 446 g/mol. The standard InChI is InChI=1S/C28H19FN4O/c29-22-13-5-1-9-18(22)17-33-25-16-8-4-12-21(25)27(28(33)34)32-31-26-19-10-2-6-14-23(19)30-24-15-7-3-11-20(24)26/h1-16,34H,17H2. The van der Waals surface area contributed by atoms with Crippen molar-refractivity contribution >= 4 is 44.1 Å². The highest BCUT2D eigenvalue weighted by atomic mass is 19.1. The van der Waals surface area contributed by atoms with Crippen molar-refractivity contribution in [3.05, 3.63) is 108 Å². The van der Waals surface area contributed by atoms with Gasteiger partial charge >= 0.3 is 0 Å². The van der Waals surface area contributed by atoms with Crippen LogP contribution in [0.3, 0.4) is 0 Å². The molecule has 0 spiro atoms. The number of para-hydroxylation sites is 3. The van der Waals surface area contributed by atoms with Crippen molar-refractivity contribution in [1.82, 2.24) is 9.55 Å². The maximum atomic E-state index is 14.3. The van der Waals surface area contributed by atoms with Crippen LogP contribution in [0.1, 0.15) is 5.56 Å². The molecular formula is C28H19FN4O. The molecule has 2 aromatic heterocycles. The first-order valence-electron chi connectivity index (χ1n) is 10.9. The third-order valence-corrected chi connectivity index (χ3v) is 6.01. The van der Waals surface area contributed by atoms with E-state index in [1.807, 2.05) is 72.8 Å². The first-order valence-corrected chi connectivity index (χ1v) is 10.9. The first kappa shape index (κ1) is 20.1. The van der Waals surface area contributed by atoms with Crippen LogP contribution in [0.4, 0.5) is 15.8 Å². The molecule has 164 valence electrons. The average molecular weight is 446 g/mol. The third kappa shape index (κ3) is 3.28. The molecule has 6 rings (SSSR count). The predicted octanol–water partition coefficient (Wildman–Crippen LogP) is 7.65. The van der Waals surface area contributed by atoms with Crippen molar-refractivity contribution in [3.63, 3.8) is 0 Å². The number of hydrogen-bond acceptors (Lipinski definition) is 4. The molecule has 34 heavy (non-hydrogen) atoms. The highest BCUT2D eigenvalue weighted by Crippen LogP contribution is 2.41. The first-order chi connectivity index (χ1) is 16.7. The van der Waals surface area contributed by atoms with Gasteiger partial charge < -0.3 is 9.67 Å². The Labute approximate surface area is 194 Å². The molecular weight excluding hydrogens is 427 g/mol. The van der Waals surface area contributed by atoms with Gasteiger partial charge in [0.25, 0.3) is 0 Å². The molecule has 0 radical (unpaired) electrons. The number of azo groups is 1. The predicted molar refractivity (Wildman–Crippen MR) is 133 cm³/mol. The van der Waals surface area contributed by atoms with Crippen LogP contribution in [0.25, 0.3) is 32.7 Å². The van der Waals surface area contributed by atoms with E-state index in [1.165, 1.54) is 6.07 Å². The smallest absolute Gasteiger partial charge is 0.221 e. The Hall–Kier alpha value is -4.58. The zero-order chi connectivity index (χ0) is 23.1. The third-order valence-electron chi connectivity index (χ3n) is 6.01. The lowest BCUT2D eigenvalue weighted by Crippen LogP contribution is -2.01. The minimum atomic E-state index is -0.322. The van der Waals surface area contributed by atoms with Crippen LogP contribution >= 0.6 is 0 Å². The van der Waals surface area contributed by atoms with E-state index in [-0.39, 0.29) is 18.2 Å². The molecule has 0 atom stereocenters. The fourth-order valence-electron chi connectivity index (χ4n) is 4.35. The van der Waals surface area contributed by atoms with Crippen molar-refractivity contribution in [3.8, 4) is 5.88 Å². The second-order valence-corrected chi connectivity index (χ2v) is 8.06. The summed E-state index contributed by atoms with van der Waals surface area (Å²) in [5, 5.41) is 22.8. The minimum Gasteiger partial charge on any atom is -0.493 e. The molecule has 6 aromatic rings. The van der Waals surface area contributed by atoms with Gasteiger partial charge in [0.15, 0.2) is 5.69 Å². The van der Waals surface area contributed by atoms with E-state index >= 15 is 0 Å². The second-order valence-electron chi connectivity index (χ2n) is 8.06. The molecule has 0 saturated carbocycles. The van der Waals surface area contributed by atoms with Crippen molar-refractivity contribution in [1.29, 1.82) is 0 Å². The molecule has 0 unspecified atom stereocenters. The fraction of sp³-hybridized carbons (Fsp3) is 0.0357. The number of nitrogens with zero attached hydrogens (tertiary/aromatic N) is 4. The normalized spacial score (nSPS) is 11.8. The summed E-state index contributed by atoms with van der Waals surface area (Å²) in [7, 11) is 0. The Morgan fingerprint density at radius 3 is 1.94 bits per heavy atom. The van der Waals surface area contributed by atoms with Crippen LogP contribution in [0.5, 0.6) is 5.88 Å². The Morgan fingerprint density at radius 1 is 0.676 bits per heavy atom. The molecule has 0 bridgehead atoms. The largest absolute Gasteiger partial charge is 0.493 e. The van der Waals surface area contributed by atoms with Gasteiger partial charge in [0.2, 0.25) is 5.88 Å². The average Bonchev–Trinajstić information content (AvgIpc) is 3.13. The van der Waals surface area contributed by atoms with E-state index in [0.29, 0.717) is 16.9 Å². The van der Waals surface area contributed by atoms with Gasteiger partial charge in [0.05, 0.1) is 23.1 Å². The van der Waals surface area contributed by atoms with Crippen molar-refractivity contribution < 1.29 is 9.50 Å². The summed E-state index contributed by atoms with van der Waals surface area (Å²) in [4.78, 5) is 4.73. The highest BCUT2D eigenvalue weighted by Gasteiger charge is 2.18. The minimum absolute atomic E-state index is 0.0594. The maximum Gasteiger partial charge on any atom is 0.221 e. The van der Waals surface area contributed by atoms with E-state index in [4.69, 9.17) is 4.98 Å². The molecule has 1 N–H and O–H groups in total. The van der Waals surface area contributed by atoms with Gasteiger partial charge in [-0.05, 0) is 24.3 Å². The Kier molecular flexibility index (Phi) is 4.77. The van der Waals surface area contributed by atoms with Gasteiger partial charge in [-0.15, -0.1) is 10.2 Å². The van der Waals surface area contributed by atoms with Crippen LogP contribution in [-0.2, 0) is 6.54 Å². The molecule has 0 fully saturated rings. The van der Waals surface area contributed by atoms with Crippen molar-refractivity contribution in [2.75, 3.05) is 0 Å². The van der Waals surface area contributed by atoms with Gasteiger partial charge in [0, 0.05) is 21.7 Å². The fourth-order valence-corrected chi connectivity index (χ4v) is 4.35. The van der Waals surface area contributed by atoms with E-state index in [0.717, 1.165) is 32.7 Å². The van der Waals surface area contributed by atoms with Gasteiger partial charge in [0.1, 0.15) is 11.5 Å². The number of fused-ring (bicyclic) bond motifs is 3. The molecule has 4 aromatic carbocycles.